The van der Waals surface area contributed by atoms with Gasteiger partial charge in [0, 0.05) is 19.1 Å². The topological polar surface area (TPSA) is 44.7 Å². The molecule has 0 bridgehead atoms. The summed E-state index contributed by atoms with van der Waals surface area (Å²) in [5, 5.41) is 13.4. The van der Waals surface area contributed by atoms with E-state index in [1.165, 1.54) is 19.4 Å². The third-order valence-corrected chi connectivity index (χ3v) is 4.19. The van der Waals surface area contributed by atoms with E-state index in [0.717, 1.165) is 24.4 Å². The third-order valence-electron chi connectivity index (χ3n) is 4.19. The number of ether oxygens (including phenoxy) is 1. The van der Waals surface area contributed by atoms with E-state index in [1.54, 1.807) is 0 Å². The first kappa shape index (κ1) is 16.3. The lowest BCUT2D eigenvalue weighted by Gasteiger charge is -2.23. The third kappa shape index (κ3) is 4.99. The van der Waals surface area contributed by atoms with Crippen LogP contribution in [0.2, 0.25) is 0 Å². The summed E-state index contributed by atoms with van der Waals surface area (Å²) in [6, 6.07) is 8.51. The second-order valence-corrected chi connectivity index (χ2v) is 5.81. The highest BCUT2D eigenvalue weighted by Crippen LogP contribution is 2.17. The van der Waals surface area contributed by atoms with Crippen molar-refractivity contribution in [3.8, 4) is 5.75 Å². The molecule has 1 aliphatic rings. The Morgan fingerprint density at radius 1 is 1.43 bits per heavy atom. The Hall–Kier alpha value is -1.10. The molecule has 2 N–H and O–H groups in total. The molecule has 0 unspecified atom stereocenters. The molecule has 1 fully saturated rings. The van der Waals surface area contributed by atoms with Crippen LogP contribution < -0.4 is 10.1 Å². The van der Waals surface area contributed by atoms with Crippen LogP contribution in [0.3, 0.4) is 0 Å². The van der Waals surface area contributed by atoms with Crippen molar-refractivity contribution in [2.45, 2.75) is 38.8 Å². The first-order valence-corrected chi connectivity index (χ1v) is 8.02. The predicted octanol–water partition coefficient (Wildman–Crippen LogP) is 1.81. The van der Waals surface area contributed by atoms with Gasteiger partial charge in [-0.25, -0.2) is 0 Å². The zero-order chi connectivity index (χ0) is 15.1. The van der Waals surface area contributed by atoms with E-state index in [-0.39, 0.29) is 0 Å². The average molecular weight is 292 g/mol. The van der Waals surface area contributed by atoms with E-state index in [0.29, 0.717) is 19.2 Å². The number of hydrogen-bond acceptors (Lipinski definition) is 4. The highest BCUT2D eigenvalue weighted by Gasteiger charge is 2.22. The highest BCUT2D eigenvalue weighted by molar-refractivity contribution is 5.31. The van der Waals surface area contributed by atoms with Crippen molar-refractivity contribution in [3.63, 3.8) is 0 Å². The maximum absolute atomic E-state index is 10.00. The molecule has 0 aliphatic carbocycles. The van der Waals surface area contributed by atoms with Crippen molar-refractivity contribution in [3.05, 3.63) is 29.8 Å². The number of para-hydroxylation sites is 1. The zero-order valence-electron chi connectivity index (χ0n) is 13.2. The van der Waals surface area contributed by atoms with Gasteiger partial charge in [-0.3, -0.25) is 4.90 Å². The molecule has 118 valence electrons. The second kappa shape index (κ2) is 8.37. The SMILES string of the molecule is CCN1CCC[C@@H]1CNC[C@H](O)COc1ccccc1C. The van der Waals surface area contributed by atoms with Gasteiger partial charge in [-0.15, -0.1) is 0 Å². The molecule has 2 rings (SSSR count). The van der Waals surface area contributed by atoms with Gasteiger partial charge in [0.15, 0.2) is 0 Å². The standard InChI is InChI=1S/C17H28N2O2/c1-3-19-10-6-8-15(19)11-18-12-16(20)13-21-17-9-5-4-7-14(17)2/h4-5,7,9,15-16,18,20H,3,6,8,10-13H2,1-2H3/t15-,16+/m1/s1. The summed E-state index contributed by atoms with van der Waals surface area (Å²) in [6.45, 7) is 8.42. The normalized spacial score (nSPS) is 20.6. The van der Waals surface area contributed by atoms with Crippen molar-refractivity contribution in [1.82, 2.24) is 10.2 Å². The minimum Gasteiger partial charge on any atom is -0.491 e. The fourth-order valence-corrected chi connectivity index (χ4v) is 2.92. The zero-order valence-corrected chi connectivity index (χ0v) is 13.2. The summed E-state index contributed by atoms with van der Waals surface area (Å²) in [5.41, 5.74) is 1.10. The van der Waals surface area contributed by atoms with Gasteiger partial charge < -0.3 is 15.2 Å². The van der Waals surface area contributed by atoms with Crippen LogP contribution in [0.15, 0.2) is 24.3 Å². The molecule has 1 aliphatic heterocycles. The molecular weight excluding hydrogens is 264 g/mol. The Bertz CT molecular complexity index is 425. The minimum atomic E-state index is -0.471. The maximum atomic E-state index is 10.00. The summed E-state index contributed by atoms with van der Waals surface area (Å²) in [5.74, 6) is 0.851. The lowest BCUT2D eigenvalue weighted by molar-refractivity contribution is 0.104. The quantitative estimate of drug-likeness (QED) is 0.767. The van der Waals surface area contributed by atoms with E-state index in [9.17, 15) is 5.11 Å². The lowest BCUT2D eigenvalue weighted by Crippen LogP contribution is -2.41. The molecule has 1 aromatic rings. The fourth-order valence-electron chi connectivity index (χ4n) is 2.92. The van der Waals surface area contributed by atoms with Gasteiger partial charge in [0.2, 0.25) is 0 Å². The summed E-state index contributed by atoms with van der Waals surface area (Å²) in [6.07, 6.45) is 2.08. The Morgan fingerprint density at radius 3 is 3.00 bits per heavy atom. The Kier molecular flexibility index (Phi) is 6.49. The first-order chi connectivity index (χ1) is 10.2. The number of nitrogens with zero attached hydrogens (tertiary/aromatic N) is 1. The molecular formula is C17H28N2O2. The van der Waals surface area contributed by atoms with Crippen LogP contribution in [-0.4, -0.2) is 54.9 Å². The van der Waals surface area contributed by atoms with Crippen molar-refractivity contribution in [1.29, 1.82) is 0 Å². The fraction of sp³-hybridized carbons (Fsp3) is 0.647. The predicted molar refractivity (Wildman–Crippen MR) is 85.8 cm³/mol. The number of likely N-dealkylation sites (tertiary alicyclic amines) is 1. The van der Waals surface area contributed by atoms with Crippen LogP contribution in [-0.2, 0) is 0 Å². The molecule has 4 nitrogen and oxygen atoms in total. The van der Waals surface area contributed by atoms with E-state index >= 15 is 0 Å². The molecule has 1 saturated heterocycles. The number of hydrogen-bond donors (Lipinski definition) is 2. The van der Waals surface area contributed by atoms with E-state index < -0.39 is 6.10 Å². The second-order valence-electron chi connectivity index (χ2n) is 5.81. The molecule has 2 atom stereocenters. The van der Waals surface area contributed by atoms with Gasteiger partial charge in [0.1, 0.15) is 18.5 Å². The molecule has 4 heteroatoms. The summed E-state index contributed by atoms with van der Waals surface area (Å²) >= 11 is 0. The van der Waals surface area contributed by atoms with Crippen LogP contribution in [0.25, 0.3) is 0 Å². The van der Waals surface area contributed by atoms with Gasteiger partial charge in [0.05, 0.1) is 0 Å². The first-order valence-electron chi connectivity index (χ1n) is 8.02. The van der Waals surface area contributed by atoms with Gasteiger partial charge in [0.25, 0.3) is 0 Å². The smallest absolute Gasteiger partial charge is 0.122 e. The van der Waals surface area contributed by atoms with Crippen molar-refractivity contribution in [2.75, 3.05) is 32.8 Å². The summed E-state index contributed by atoms with van der Waals surface area (Å²) in [7, 11) is 0. The molecule has 0 aromatic heterocycles. The number of nitrogens with one attached hydrogen (secondary N) is 1. The van der Waals surface area contributed by atoms with Gasteiger partial charge >= 0.3 is 0 Å². The van der Waals surface area contributed by atoms with Crippen LogP contribution >= 0.6 is 0 Å². The molecule has 21 heavy (non-hydrogen) atoms. The van der Waals surface area contributed by atoms with E-state index in [4.69, 9.17) is 4.74 Å². The van der Waals surface area contributed by atoms with Gasteiger partial charge in [-0.05, 0) is 44.5 Å². The largest absolute Gasteiger partial charge is 0.491 e. The number of benzene rings is 1. The van der Waals surface area contributed by atoms with Gasteiger partial charge in [-0.2, -0.15) is 0 Å². The molecule has 1 aromatic carbocycles. The Balaban J connectivity index is 1.64. The van der Waals surface area contributed by atoms with Crippen molar-refractivity contribution < 1.29 is 9.84 Å². The lowest BCUT2D eigenvalue weighted by atomic mass is 10.2. The minimum absolute atomic E-state index is 0.333. The van der Waals surface area contributed by atoms with Crippen LogP contribution in [0.4, 0.5) is 0 Å². The van der Waals surface area contributed by atoms with E-state index in [2.05, 4.69) is 17.1 Å². The number of aliphatic hydroxyl groups excluding tert-OH is 1. The molecule has 0 saturated carbocycles. The number of aliphatic hydroxyl groups is 1. The number of rotatable bonds is 8. The molecule has 0 spiro atoms. The molecule has 1 heterocycles. The van der Waals surface area contributed by atoms with E-state index in [1.807, 2.05) is 31.2 Å². The van der Waals surface area contributed by atoms with Crippen LogP contribution in [0, 0.1) is 6.92 Å². The Labute approximate surface area is 128 Å². The Morgan fingerprint density at radius 2 is 2.24 bits per heavy atom. The van der Waals surface area contributed by atoms with Crippen LogP contribution in [0.5, 0.6) is 5.75 Å². The molecule has 0 radical (unpaired) electrons. The maximum Gasteiger partial charge on any atom is 0.122 e. The van der Waals surface area contributed by atoms with Crippen molar-refractivity contribution >= 4 is 0 Å². The van der Waals surface area contributed by atoms with Gasteiger partial charge in [-0.1, -0.05) is 25.1 Å². The number of aryl methyl sites for hydroxylation is 1. The summed E-state index contributed by atoms with van der Waals surface area (Å²) < 4.78 is 5.66. The van der Waals surface area contributed by atoms with Crippen molar-refractivity contribution in [2.24, 2.45) is 0 Å². The highest BCUT2D eigenvalue weighted by atomic mass is 16.5. The monoisotopic (exact) mass is 292 g/mol. The number of likely N-dealkylation sites (N-methyl/N-ethyl adjacent to an activating group) is 1. The average Bonchev–Trinajstić information content (AvgIpc) is 2.94. The molecule has 0 amide bonds. The summed E-state index contributed by atoms with van der Waals surface area (Å²) in [4.78, 5) is 2.50. The van der Waals surface area contributed by atoms with Crippen LogP contribution in [0.1, 0.15) is 25.3 Å².